The van der Waals surface area contributed by atoms with Crippen molar-refractivity contribution in [2.45, 2.75) is 31.7 Å². The number of non-ortho nitro benzene ring substituents is 1. The van der Waals surface area contributed by atoms with Crippen LogP contribution in [-0.4, -0.2) is 22.2 Å². The second-order valence-electron chi connectivity index (χ2n) is 4.25. The average molecular weight is 260 g/mol. The van der Waals surface area contributed by atoms with Gasteiger partial charge in [0.2, 0.25) is 0 Å². The lowest BCUT2D eigenvalue weighted by Crippen LogP contribution is -2.39. The number of nitro benzene ring substituents is 1. The van der Waals surface area contributed by atoms with E-state index in [9.17, 15) is 23.3 Å². The Bertz CT molecular complexity index is 441. The normalized spacial score (nSPS) is 16.0. The second-order valence-corrected chi connectivity index (χ2v) is 4.25. The standard InChI is InChI=1S/C11H11F3N2O2/c12-11(13,14)15(9-5-6-9)7-8-1-3-10(4-2-8)16(17)18/h1-4,9H,5-7H2. The number of nitrogens with zero attached hydrogens (tertiary/aromatic N) is 2. The Morgan fingerprint density at radius 2 is 1.83 bits per heavy atom. The summed E-state index contributed by atoms with van der Waals surface area (Å²) >= 11 is 0. The third-order valence-electron chi connectivity index (χ3n) is 2.81. The first kappa shape index (κ1) is 12.8. The maximum atomic E-state index is 12.7. The molecule has 1 aliphatic carbocycles. The fourth-order valence-electron chi connectivity index (χ4n) is 1.73. The van der Waals surface area contributed by atoms with E-state index in [0.717, 1.165) is 0 Å². The Hall–Kier alpha value is -1.63. The Morgan fingerprint density at radius 3 is 2.22 bits per heavy atom. The molecule has 2 rings (SSSR count). The van der Waals surface area contributed by atoms with Crippen LogP contribution in [0.5, 0.6) is 0 Å². The van der Waals surface area contributed by atoms with Crippen molar-refractivity contribution < 1.29 is 18.1 Å². The minimum atomic E-state index is -4.36. The van der Waals surface area contributed by atoms with Crippen molar-refractivity contribution in [2.75, 3.05) is 0 Å². The van der Waals surface area contributed by atoms with Crippen molar-refractivity contribution in [3.63, 3.8) is 0 Å². The van der Waals surface area contributed by atoms with E-state index >= 15 is 0 Å². The molecule has 1 aromatic rings. The highest BCUT2D eigenvalue weighted by Crippen LogP contribution is 2.36. The lowest BCUT2D eigenvalue weighted by molar-refractivity contribution is -0.384. The molecule has 18 heavy (non-hydrogen) atoms. The summed E-state index contributed by atoms with van der Waals surface area (Å²) in [5, 5.41) is 10.4. The molecule has 0 atom stereocenters. The molecule has 0 N–H and O–H groups in total. The molecule has 1 saturated carbocycles. The van der Waals surface area contributed by atoms with Crippen LogP contribution in [0.4, 0.5) is 18.9 Å². The Morgan fingerprint density at radius 1 is 1.28 bits per heavy atom. The molecule has 1 aromatic carbocycles. The van der Waals surface area contributed by atoms with E-state index in [2.05, 4.69) is 0 Å². The van der Waals surface area contributed by atoms with Gasteiger partial charge in [-0.25, -0.2) is 4.90 Å². The van der Waals surface area contributed by atoms with Crippen LogP contribution in [0.3, 0.4) is 0 Å². The minimum Gasteiger partial charge on any atom is -0.258 e. The van der Waals surface area contributed by atoms with E-state index in [1.54, 1.807) is 0 Å². The minimum absolute atomic E-state index is 0.122. The summed E-state index contributed by atoms with van der Waals surface area (Å²) in [5.74, 6) is 0. The molecule has 0 bridgehead atoms. The summed E-state index contributed by atoms with van der Waals surface area (Å²) in [7, 11) is 0. The Balaban J connectivity index is 2.09. The fraction of sp³-hybridized carbons (Fsp3) is 0.455. The van der Waals surface area contributed by atoms with Crippen molar-refractivity contribution in [3.8, 4) is 0 Å². The highest BCUT2D eigenvalue weighted by atomic mass is 19.4. The molecule has 0 unspecified atom stereocenters. The van der Waals surface area contributed by atoms with Gasteiger partial charge in [0.15, 0.2) is 0 Å². The molecule has 98 valence electrons. The van der Waals surface area contributed by atoms with E-state index in [1.165, 1.54) is 24.3 Å². The van der Waals surface area contributed by atoms with Gasteiger partial charge in [-0.3, -0.25) is 10.1 Å². The summed E-state index contributed by atoms with van der Waals surface area (Å²) in [4.78, 5) is 10.3. The molecule has 0 aromatic heterocycles. The average Bonchev–Trinajstić information content (AvgIpc) is 3.08. The molecule has 1 aliphatic rings. The lowest BCUT2D eigenvalue weighted by atomic mass is 10.2. The van der Waals surface area contributed by atoms with Crippen molar-refractivity contribution in [2.24, 2.45) is 0 Å². The van der Waals surface area contributed by atoms with E-state index in [-0.39, 0.29) is 12.2 Å². The van der Waals surface area contributed by atoms with Crippen LogP contribution in [0.25, 0.3) is 0 Å². The van der Waals surface area contributed by atoms with Crippen molar-refractivity contribution >= 4 is 5.69 Å². The topological polar surface area (TPSA) is 46.4 Å². The Kier molecular flexibility index (Phi) is 3.25. The van der Waals surface area contributed by atoms with E-state index in [0.29, 0.717) is 23.3 Å². The number of nitro groups is 1. The maximum absolute atomic E-state index is 12.7. The number of hydrogen-bond acceptors (Lipinski definition) is 3. The third kappa shape index (κ3) is 2.98. The van der Waals surface area contributed by atoms with Crippen LogP contribution in [0, 0.1) is 10.1 Å². The zero-order chi connectivity index (χ0) is 13.3. The summed E-state index contributed by atoms with van der Waals surface area (Å²) < 4.78 is 38.2. The molecule has 0 spiro atoms. The molecule has 7 heteroatoms. The first-order valence-corrected chi connectivity index (χ1v) is 5.45. The van der Waals surface area contributed by atoms with Gasteiger partial charge >= 0.3 is 6.30 Å². The molecule has 0 heterocycles. The molecule has 1 fully saturated rings. The number of alkyl halides is 3. The van der Waals surface area contributed by atoms with Gasteiger partial charge in [-0.15, -0.1) is 0 Å². The third-order valence-corrected chi connectivity index (χ3v) is 2.81. The van der Waals surface area contributed by atoms with Crippen molar-refractivity contribution in [1.29, 1.82) is 0 Å². The summed E-state index contributed by atoms with van der Waals surface area (Å²) in [6.07, 6.45) is -3.26. The second kappa shape index (κ2) is 4.56. The number of benzene rings is 1. The molecular weight excluding hydrogens is 249 g/mol. The predicted octanol–water partition coefficient (Wildman–Crippen LogP) is 3.08. The quantitative estimate of drug-likeness (QED) is 0.475. The van der Waals surface area contributed by atoms with E-state index < -0.39 is 17.3 Å². The number of rotatable bonds is 4. The van der Waals surface area contributed by atoms with Gasteiger partial charge in [0.1, 0.15) is 0 Å². The predicted molar refractivity (Wildman–Crippen MR) is 57.7 cm³/mol. The summed E-state index contributed by atoms with van der Waals surface area (Å²) in [5.41, 5.74) is 0.300. The Labute approximate surface area is 101 Å². The van der Waals surface area contributed by atoms with Gasteiger partial charge in [0, 0.05) is 24.7 Å². The van der Waals surface area contributed by atoms with Gasteiger partial charge in [0.05, 0.1) is 4.92 Å². The van der Waals surface area contributed by atoms with Crippen molar-refractivity contribution in [1.82, 2.24) is 4.90 Å². The molecule has 0 radical (unpaired) electrons. The van der Waals surface area contributed by atoms with Crippen LogP contribution in [0.1, 0.15) is 18.4 Å². The van der Waals surface area contributed by atoms with Crippen LogP contribution in [0.2, 0.25) is 0 Å². The van der Waals surface area contributed by atoms with E-state index in [4.69, 9.17) is 0 Å². The zero-order valence-electron chi connectivity index (χ0n) is 9.35. The SMILES string of the molecule is O=[N+]([O-])c1ccc(CN(C2CC2)C(F)(F)F)cc1. The number of halogens is 3. The summed E-state index contributed by atoms with van der Waals surface area (Å²) in [6, 6.07) is 4.71. The van der Waals surface area contributed by atoms with Gasteiger partial charge in [0.25, 0.3) is 5.69 Å². The lowest BCUT2D eigenvalue weighted by Gasteiger charge is -2.24. The molecular formula is C11H11F3N2O2. The van der Waals surface area contributed by atoms with Crippen molar-refractivity contribution in [3.05, 3.63) is 39.9 Å². The van der Waals surface area contributed by atoms with Crippen LogP contribution in [-0.2, 0) is 6.54 Å². The smallest absolute Gasteiger partial charge is 0.258 e. The first-order chi connectivity index (χ1) is 8.38. The van der Waals surface area contributed by atoms with E-state index in [1.807, 2.05) is 0 Å². The summed E-state index contributed by atoms with van der Waals surface area (Å²) in [6.45, 7) is -0.258. The molecule has 0 saturated heterocycles. The zero-order valence-corrected chi connectivity index (χ0v) is 9.35. The highest BCUT2D eigenvalue weighted by molar-refractivity contribution is 5.32. The van der Waals surface area contributed by atoms with Gasteiger partial charge in [-0.2, -0.15) is 13.2 Å². The molecule has 4 nitrogen and oxygen atoms in total. The van der Waals surface area contributed by atoms with Gasteiger partial charge in [-0.1, -0.05) is 12.1 Å². The van der Waals surface area contributed by atoms with Crippen LogP contribution >= 0.6 is 0 Å². The first-order valence-electron chi connectivity index (χ1n) is 5.45. The maximum Gasteiger partial charge on any atom is 0.460 e. The number of hydrogen-bond donors (Lipinski definition) is 0. The molecule has 0 amide bonds. The monoisotopic (exact) mass is 260 g/mol. The van der Waals surface area contributed by atoms with Crippen LogP contribution in [0.15, 0.2) is 24.3 Å². The largest absolute Gasteiger partial charge is 0.460 e. The van der Waals surface area contributed by atoms with Gasteiger partial charge in [-0.05, 0) is 18.4 Å². The molecule has 0 aliphatic heterocycles. The fourth-order valence-corrected chi connectivity index (χ4v) is 1.73. The van der Waals surface area contributed by atoms with Crippen LogP contribution < -0.4 is 0 Å². The highest BCUT2D eigenvalue weighted by Gasteiger charge is 2.45. The van der Waals surface area contributed by atoms with Gasteiger partial charge < -0.3 is 0 Å².